The minimum Gasteiger partial charge on any atom is -0.508 e. The molecule has 2 N–H and O–H groups in total. The van der Waals surface area contributed by atoms with Crippen LogP contribution in [0.2, 0.25) is 54.4 Å². The Kier molecular flexibility index (Phi) is 24.2. The fraction of sp³-hybridized carbons (Fsp3) is 0.608. The van der Waals surface area contributed by atoms with Crippen LogP contribution in [-0.4, -0.2) is 89.7 Å². The average Bonchev–Trinajstić information content (AvgIpc) is 3.22. The zero-order valence-corrected chi connectivity index (χ0v) is 60.5. The lowest BCUT2D eigenvalue weighted by atomic mass is 9.94. The van der Waals surface area contributed by atoms with Crippen LogP contribution in [0, 0.1) is 68.1 Å². The molecule has 0 spiro atoms. The van der Waals surface area contributed by atoms with Crippen LogP contribution in [-0.2, 0) is 45.1 Å². The molecule has 0 amide bonds. The van der Waals surface area contributed by atoms with Gasteiger partial charge in [0.25, 0.3) is 0 Å². The second-order valence-corrected chi connectivity index (χ2v) is 45.1. The highest BCUT2D eigenvalue weighted by atomic mass is 28.4. The van der Waals surface area contributed by atoms with E-state index in [2.05, 4.69) is 193 Å². The lowest BCUT2D eigenvalue weighted by Crippen LogP contribution is -2.44. The van der Waals surface area contributed by atoms with E-state index >= 15 is 0 Å². The van der Waals surface area contributed by atoms with Crippen molar-refractivity contribution in [1.29, 1.82) is 0 Å². The molecular weight excluding hydrogens is 1150 g/mol. The number of benzene rings is 2. The Labute approximate surface area is 533 Å². The molecule has 88 heavy (non-hydrogen) atoms. The predicted octanol–water partition coefficient (Wildman–Crippen LogP) is 17.8. The Morgan fingerprint density at radius 2 is 0.875 bits per heavy atom. The van der Waals surface area contributed by atoms with Crippen molar-refractivity contribution in [2.24, 2.45) is 35.5 Å². The maximum Gasteiger partial charge on any atom is 0.384 e. The van der Waals surface area contributed by atoms with Gasteiger partial charge in [0.1, 0.15) is 23.2 Å². The molecule has 3 saturated carbocycles. The third kappa shape index (κ3) is 20.8. The van der Waals surface area contributed by atoms with E-state index in [1.54, 1.807) is 6.92 Å². The van der Waals surface area contributed by atoms with Crippen molar-refractivity contribution in [3.63, 3.8) is 0 Å². The molecular formula is C74H110O11Si3. The number of esters is 3. The van der Waals surface area contributed by atoms with Crippen molar-refractivity contribution in [1.82, 2.24) is 0 Å². The van der Waals surface area contributed by atoms with Gasteiger partial charge in [-0.05, 0) is 192 Å². The number of cyclic esters (lactones) is 3. The number of carbonyl (C=O) groups is 3. The molecule has 14 heteroatoms. The van der Waals surface area contributed by atoms with Crippen molar-refractivity contribution >= 4 is 42.9 Å². The molecule has 3 aliphatic carbocycles. The minimum absolute atomic E-state index is 0.0181. The molecule has 3 fully saturated rings. The van der Waals surface area contributed by atoms with Gasteiger partial charge in [0.2, 0.25) is 0 Å². The number of aromatic hydroxyl groups is 2. The Hall–Kier alpha value is -5.02. The van der Waals surface area contributed by atoms with E-state index in [1.807, 2.05) is 39.8 Å². The first-order chi connectivity index (χ1) is 40.7. The van der Waals surface area contributed by atoms with Crippen LogP contribution < -0.4 is 0 Å². The van der Waals surface area contributed by atoms with Crippen LogP contribution in [0.15, 0.2) is 91.1 Å². The maximum atomic E-state index is 13.2. The molecule has 12 atom stereocenters. The Morgan fingerprint density at radius 1 is 0.489 bits per heavy atom. The van der Waals surface area contributed by atoms with E-state index in [4.69, 9.17) is 27.5 Å². The van der Waals surface area contributed by atoms with Crippen LogP contribution in [0.3, 0.4) is 0 Å². The summed E-state index contributed by atoms with van der Waals surface area (Å²) in [6, 6.07) is 5.43. The number of rotatable bonds is 6. The topological polar surface area (TPSA) is 147 Å². The highest BCUT2D eigenvalue weighted by Gasteiger charge is 2.43. The molecule has 484 valence electrons. The van der Waals surface area contributed by atoms with Gasteiger partial charge in [0, 0.05) is 31.2 Å². The summed E-state index contributed by atoms with van der Waals surface area (Å²) in [5, 5.41) is 21.3. The van der Waals surface area contributed by atoms with Crippen molar-refractivity contribution in [3.05, 3.63) is 130 Å². The van der Waals surface area contributed by atoms with Crippen molar-refractivity contribution in [2.45, 2.75) is 253 Å². The summed E-state index contributed by atoms with van der Waals surface area (Å²) in [7, 11) is -5.98. The third-order valence-electron chi connectivity index (χ3n) is 19.9. The predicted molar refractivity (Wildman–Crippen MR) is 365 cm³/mol. The van der Waals surface area contributed by atoms with E-state index in [1.165, 1.54) is 18.9 Å². The zero-order valence-electron chi connectivity index (χ0n) is 57.5. The lowest BCUT2D eigenvalue weighted by molar-refractivity contribution is -0.141. The first kappa shape index (κ1) is 72.0. The highest BCUT2D eigenvalue weighted by Crippen LogP contribution is 2.47. The van der Waals surface area contributed by atoms with Gasteiger partial charge in [-0.25, -0.2) is 14.4 Å². The molecule has 3 unspecified atom stereocenters. The van der Waals surface area contributed by atoms with E-state index in [9.17, 15) is 24.6 Å². The fourth-order valence-corrected chi connectivity index (χ4v) is 15.0. The van der Waals surface area contributed by atoms with Crippen molar-refractivity contribution in [3.8, 4) is 23.3 Å². The number of ether oxygens (including phenoxy) is 3. The second kappa shape index (κ2) is 29.5. The van der Waals surface area contributed by atoms with Crippen molar-refractivity contribution < 1.29 is 52.1 Å². The van der Waals surface area contributed by atoms with Gasteiger partial charge in [0.05, 0.1) is 36.1 Å². The number of hydrogen-bond acceptors (Lipinski definition) is 11. The van der Waals surface area contributed by atoms with Crippen LogP contribution in [0.5, 0.6) is 11.5 Å². The number of phenols is 2. The molecule has 0 bridgehead atoms. The summed E-state index contributed by atoms with van der Waals surface area (Å²) in [6.07, 6.45) is 32.5. The Bertz CT molecular complexity index is 3040. The third-order valence-corrected chi connectivity index (χ3v) is 33.4. The van der Waals surface area contributed by atoms with E-state index in [0.717, 1.165) is 47.9 Å². The first-order valence-corrected chi connectivity index (χ1v) is 41.3. The molecule has 2 aromatic rings. The van der Waals surface area contributed by atoms with Gasteiger partial charge in [-0.2, -0.15) is 0 Å². The molecule has 0 saturated heterocycles. The number of carbonyl (C=O) groups excluding carboxylic acids is 3. The van der Waals surface area contributed by atoms with Gasteiger partial charge >= 0.3 is 17.9 Å². The van der Waals surface area contributed by atoms with Gasteiger partial charge in [0.15, 0.2) is 25.0 Å². The number of fused-ring (bicyclic) bond motifs is 5. The number of aryl methyl sites for hydroxylation is 2. The largest absolute Gasteiger partial charge is 0.508 e. The van der Waals surface area contributed by atoms with Crippen molar-refractivity contribution in [2.75, 3.05) is 0 Å². The van der Waals surface area contributed by atoms with Gasteiger partial charge in [-0.1, -0.05) is 159 Å². The number of allylic oxidation sites excluding steroid dienone is 9. The Balaban J connectivity index is 0.000000212. The summed E-state index contributed by atoms with van der Waals surface area (Å²) in [6.45, 7) is 45.2. The normalized spacial score (nSPS) is 30.1. The Morgan fingerprint density at radius 3 is 1.32 bits per heavy atom. The number of hydrogen-bond donors (Lipinski definition) is 2. The minimum atomic E-state index is -2.12. The van der Waals surface area contributed by atoms with Gasteiger partial charge in [-0.15, -0.1) is 0 Å². The molecule has 0 aromatic heterocycles. The summed E-state index contributed by atoms with van der Waals surface area (Å²) in [5.41, 5.74) is 5.14. The van der Waals surface area contributed by atoms with E-state index in [-0.39, 0.29) is 74.8 Å². The molecule has 11 nitrogen and oxygen atoms in total. The first-order valence-electron chi connectivity index (χ1n) is 32.6. The monoisotopic (exact) mass is 1260 g/mol. The number of phenolic OH excluding ortho intramolecular Hbond substituents is 2. The molecule has 0 radical (unpaired) electrons. The summed E-state index contributed by atoms with van der Waals surface area (Å²) < 4.78 is 37.0. The van der Waals surface area contributed by atoms with E-state index < -0.39 is 36.9 Å². The second-order valence-electron chi connectivity index (χ2n) is 30.8. The molecule has 3 aliphatic heterocycles. The standard InChI is InChI=1S/C27H40O3Si.C26H38O5Si.C21H32O3Si/c1-18-13-19(2)25-23(14-18)17-24(30-31(7,8)27(4,5)6)12-10-9-11-21-16-22(21)15-20(3)29-26(25)28;1-16-12-19-13-18(19)10-8-9-11-20(31-32(6,7)26(3,4)5)14-21-17(2)22(27)15-23(28)24(21)25(29)30-16;1-16-14-18-15-17(18)10-7-8-11-19(12-9-13-20(22)23-16)24-25(5,6)21(2,3)4/h9-14,20-22,24H,15-17H2,1-8H3;8-11,15-16,18-20,27-28H,12-14H2,1-7H3;7-8,10-11,16-19H,12,14-15H2,1-6H3/b11-9-,12-10+;10-8-,11-9+;10-7-,11-8+/t20-,21+,22+,24?;16-,18+,19+,20?;16-,17+,18+,19?/m111/s1. The average molecular weight is 1260 g/mol. The summed E-state index contributed by atoms with van der Waals surface area (Å²) >= 11 is 0. The SMILES string of the molecule is C[C@@H]1C[C@H]2C[C@@H]2/C=C\C=C\C(O[Si](C)(C)C(C)(C)C)CC#CC(=O)O1.Cc1c(O)cc(O)c2c1CC(O[Si](C)(C)C(C)(C)C)/C=C/C=C\[C@H]1C[C@@H]1C[C@@H](C)OC2=O.Cc1cc(C)c2c(c1)CC(O[Si](C)(C)C(C)(C)C)/C=C/C=C\[C@H]1C[C@@H]1C[C@@H](C)OC2=O. The molecule has 2 aromatic carbocycles. The van der Waals surface area contributed by atoms with Crippen LogP contribution in [0.4, 0.5) is 0 Å². The highest BCUT2D eigenvalue weighted by molar-refractivity contribution is 6.75. The molecule has 3 heterocycles. The van der Waals surface area contributed by atoms with Gasteiger partial charge < -0.3 is 37.7 Å². The molecule has 6 aliphatic rings. The fourth-order valence-electron chi connectivity index (χ4n) is 11.2. The molecule has 8 rings (SSSR count). The summed E-state index contributed by atoms with van der Waals surface area (Å²) in [4.78, 5) is 38.2. The van der Waals surface area contributed by atoms with Crippen LogP contribution >= 0.6 is 0 Å². The zero-order chi connectivity index (χ0) is 65.5. The van der Waals surface area contributed by atoms with Crippen LogP contribution in [0.25, 0.3) is 0 Å². The quantitative estimate of drug-likeness (QED) is 0.0937. The van der Waals surface area contributed by atoms with Crippen LogP contribution in [0.1, 0.15) is 177 Å². The lowest BCUT2D eigenvalue weighted by Gasteiger charge is -2.39. The smallest absolute Gasteiger partial charge is 0.384 e. The van der Waals surface area contributed by atoms with Gasteiger partial charge in [-0.3, -0.25) is 0 Å². The maximum absolute atomic E-state index is 13.2. The summed E-state index contributed by atoms with van der Waals surface area (Å²) in [5.74, 6) is 7.60. The van der Waals surface area contributed by atoms with E-state index in [0.29, 0.717) is 65.9 Å².